The first-order valence-corrected chi connectivity index (χ1v) is 9.66. The van der Waals surface area contributed by atoms with Gasteiger partial charge in [-0.2, -0.15) is 0 Å². The molecule has 0 aromatic heterocycles. The van der Waals surface area contributed by atoms with Crippen LogP contribution in [0.5, 0.6) is 0 Å². The number of hydrogen-bond acceptors (Lipinski definition) is 4. The van der Waals surface area contributed by atoms with Gasteiger partial charge in [0.2, 0.25) is 10.0 Å². The predicted octanol–water partition coefficient (Wildman–Crippen LogP) is 1.72. The summed E-state index contributed by atoms with van der Waals surface area (Å²) in [5, 5.41) is 0. The van der Waals surface area contributed by atoms with E-state index in [4.69, 9.17) is 4.74 Å². The maximum Gasteiger partial charge on any atom is 0.254 e. The molecule has 0 N–H and O–H groups in total. The third-order valence-corrected chi connectivity index (χ3v) is 6.97. The zero-order chi connectivity index (χ0) is 17.5. The predicted molar refractivity (Wildman–Crippen MR) is 90.3 cm³/mol. The normalized spacial score (nSPS) is 26.8. The number of methoxy groups -OCH3 is 1. The molecule has 2 unspecified atom stereocenters. The SMILES string of the molecule is COC1CC2CCC(C1)N2C(=O)c1ccc(S(=O)(=O)N(C)C)cc1. The van der Waals surface area contributed by atoms with Crippen molar-refractivity contribution in [3.05, 3.63) is 29.8 Å². The second-order valence-electron chi connectivity index (χ2n) is 6.74. The van der Waals surface area contributed by atoms with Gasteiger partial charge < -0.3 is 9.64 Å². The van der Waals surface area contributed by atoms with Gasteiger partial charge in [-0.25, -0.2) is 12.7 Å². The van der Waals surface area contributed by atoms with Gasteiger partial charge in [0.05, 0.1) is 11.0 Å². The second kappa shape index (κ2) is 6.46. The van der Waals surface area contributed by atoms with E-state index in [1.807, 2.05) is 4.90 Å². The first kappa shape index (κ1) is 17.4. The number of fused-ring (bicyclic) bond motifs is 2. The van der Waals surface area contributed by atoms with E-state index in [0.717, 1.165) is 25.7 Å². The van der Waals surface area contributed by atoms with E-state index in [0.29, 0.717) is 5.56 Å². The maximum absolute atomic E-state index is 12.9. The van der Waals surface area contributed by atoms with E-state index in [9.17, 15) is 13.2 Å². The van der Waals surface area contributed by atoms with Gasteiger partial charge >= 0.3 is 0 Å². The zero-order valence-electron chi connectivity index (χ0n) is 14.3. The molecule has 1 amide bonds. The van der Waals surface area contributed by atoms with Gasteiger partial charge in [0.15, 0.2) is 0 Å². The minimum atomic E-state index is -3.47. The highest BCUT2D eigenvalue weighted by molar-refractivity contribution is 7.89. The number of rotatable bonds is 4. The summed E-state index contributed by atoms with van der Waals surface area (Å²) < 4.78 is 30.9. The minimum Gasteiger partial charge on any atom is -0.381 e. The quantitative estimate of drug-likeness (QED) is 0.827. The topological polar surface area (TPSA) is 66.9 Å². The standard InChI is InChI=1S/C17H24N2O4S/c1-18(2)24(21,22)16-8-4-12(5-9-16)17(20)19-13-6-7-14(19)11-15(10-13)23-3/h4-5,8-9,13-15H,6-7,10-11H2,1-3H3. The fourth-order valence-corrected chi connectivity index (χ4v) is 4.68. The molecule has 1 aromatic carbocycles. The van der Waals surface area contributed by atoms with Crippen molar-refractivity contribution in [2.45, 2.75) is 48.8 Å². The van der Waals surface area contributed by atoms with Crippen molar-refractivity contribution < 1.29 is 17.9 Å². The number of carbonyl (C=O) groups is 1. The Labute approximate surface area is 143 Å². The molecule has 2 bridgehead atoms. The lowest BCUT2D eigenvalue weighted by Gasteiger charge is -2.38. The van der Waals surface area contributed by atoms with Crippen molar-refractivity contribution in [2.75, 3.05) is 21.2 Å². The van der Waals surface area contributed by atoms with Gasteiger partial charge in [0.25, 0.3) is 5.91 Å². The van der Waals surface area contributed by atoms with Gasteiger partial charge in [0.1, 0.15) is 0 Å². The summed E-state index contributed by atoms with van der Waals surface area (Å²) in [6, 6.07) is 6.69. The number of piperidine rings is 1. The highest BCUT2D eigenvalue weighted by Gasteiger charge is 2.43. The Morgan fingerprint density at radius 3 is 2.12 bits per heavy atom. The number of carbonyl (C=O) groups excluding carboxylic acids is 1. The molecule has 132 valence electrons. The molecule has 2 aliphatic heterocycles. The average Bonchev–Trinajstić information content (AvgIpc) is 2.83. The summed E-state index contributed by atoms with van der Waals surface area (Å²) in [5.74, 6) is -0.00847. The highest BCUT2D eigenvalue weighted by atomic mass is 32.2. The molecule has 2 heterocycles. The van der Waals surface area contributed by atoms with Crippen molar-refractivity contribution in [3.63, 3.8) is 0 Å². The molecule has 0 radical (unpaired) electrons. The Morgan fingerprint density at radius 2 is 1.67 bits per heavy atom. The number of amides is 1. The van der Waals surface area contributed by atoms with Crippen LogP contribution < -0.4 is 0 Å². The summed E-state index contributed by atoms with van der Waals surface area (Å²) in [4.78, 5) is 15.1. The number of nitrogens with zero attached hydrogens (tertiary/aromatic N) is 2. The first-order chi connectivity index (χ1) is 11.3. The molecule has 2 atom stereocenters. The smallest absolute Gasteiger partial charge is 0.254 e. The van der Waals surface area contributed by atoms with Crippen molar-refractivity contribution in [3.8, 4) is 0 Å². The van der Waals surface area contributed by atoms with Crippen LogP contribution in [0.4, 0.5) is 0 Å². The summed E-state index contributed by atoms with van der Waals surface area (Å²) in [5.41, 5.74) is 0.542. The minimum absolute atomic E-state index is 0.00847. The molecule has 0 aliphatic carbocycles. The number of hydrogen-bond donors (Lipinski definition) is 0. The van der Waals surface area contributed by atoms with Crippen LogP contribution in [0.25, 0.3) is 0 Å². The van der Waals surface area contributed by atoms with Crippen molar-refractivity contribution in [1.82, 2.24) is 9.21 Å². The van der Waals surface area contributed by atoms with Crippen molar-refractivity contribution in [1.29, 1.82) is 0 Å². The first-order valence-electron chi connectivity index (χ1n) is 8.22. The van der Waals surface area contributed by atoms with Crippen molar-refractivity contribution in [2.24, 2.45) is 0 Å². The summed E-state index contributed by atoms with van der Waals surface area (Å²) >= 11 is 0. The van der Waals surface area contributed by atoms with Crippen LogP contribution >= 0.6 is 0 Å². The lowest BCUT2D eigenvalue weighted by Crippen LogP contribution is -2.48. The van der Waals surface area contributed by atoms with Crippen LogP contribution in [0.1, 0.15) is 36.0 Å². The van der Waals surface area contributed by atoms with Crippen molar-refractivity contribution >= 4 is 15.9 Å². The Hall–Kier alpha value is -1.44. The number of ether oxygens (including phenoxy) is 1. The second-order valence-corrected chi connectivity index (χ2v) is 8.89. The fourth-order valence-electron chi connectivity index (χ4n) is 3.78. The van der Waals surface area contributed by atoms with Gasteiger partial charge in [-0.3, -0.25) is 4.79 Å². The van der Waals surface area contributed by atoms with E-state index < -0.39 is 10.0 Å². The largest absolute Gasteiger partial charge is 0.381 e. The molecule has 2 fully saturated rings. The third-order valence-electron chi connectivity index (χ3n) is 5.14. The molecule has 6 nitrogen and oxygen atoms in total. The van der Waals surface area contributed by atoms with E-state index in [-0.39, 0.29) is 29.0 Å². The lowest BCUT2D eigenvalue weighted by atomic mass is 9.98. The molecule has 0 saturated carbocycles. The summed E-state index contributed by atoms with van der Waals surface area (Å²) in [6.07, 6.45) is 4.03. The van der Waals surface area contributed by atoms with Crippen LogP contribution in [0.2, 0.25) is 0 Å². The van der Waals surface area contributed by atoms with E-state index in [1.54, 1.807) is 19.2 Å². The van der Waals surface area contributed by atoms with Crippen LogP contribution in [-0.4, -0.2) is 62.9 Å². The summed E-state index contributed by atoms with van der Waals surface area (Å²) in [7, 11) is 1.24. The molecule has 0 spiro atoms. The number of benzene rings is 1. The highest BCUT2D eigenvalue weighted by Crippen LogP contribution is 2.37. The fraction of sp³-hybridized carbons (Fsp3) is 0.588. The Balaban J connectivity index is 1.80. The number of sulfonamides is 1. The maximum atomic E-state index is 12.9. The molecule has 2 aliphatic rings. The molecular formula is C17H24N2O4S. The van der Waals surface area contributed by atoms with E-state index >= 15 is 0 Å². The monoisotopic (exact) mass is 352 g/mol. The molecule has 24 heavy (non-hydrogen) atoms. The molecular weight excluding hydrogens is 328 g/mol. The average molecular weight is 352 g/mol. The Kier molecular flexibility index (Phi) is 4.68. The van der Waals surface area contributed by atoms with Gasteiger partial charge in [-0.1, -0.05) is 0 Å². The Bertz CT molecular complexity index is 701. The zero-order valence-corrected chi connectivity index (χ0v) is 15.1. The molecule has 7 heteroatoms. The van der Waals surface area contributed by atoms with Gasteiger partial charge in [-0.15, -0.1) is 0 Å². The van der Waals surface area contributed by atoms with E-state index in [2.05, 4.69) is 0 Å². The van der Waals surface area contributed by atoms with E-state index in [1.165, 1.54) is 30.5 Å². The Morgan fingerprint density at radius 1 is 1.12 bits per heavy atom. The third kappa shape index (κ3) is 2.96. The van der Waals surface area contributed by atoms with Crippen LogP contribution in [0, 0.1) is 0 Å². The van der Waals surface area contributed by atoms with Gasteiger partial charge in [-0.05, 0) is 49.9 Å². The lowest BCUT2D eigenvalue weighted by molar-refractivity contribution is 0.00822. The molecule has 3 rings (SSSR count). The molecule has 2 saturated heterocycles. The van der Waals surface area contributed by atoms with Crippen LogP contribution in [0.15, 0.2) is 29.2 Å². The van der Waals surface area contributed by atoms with Crippen LogP contribution in [-0.2, 0) is 14.8 Å². The van der Waals surface area contributed by atoms with Gasteiger partial charge in [0, 0.05) is 38.9 Å². The summed E-state index contributed by atoms with van der Waals surface area (Å²) in [6.45, 7) is 0. The molecule has 1 aromatic rings. The van der Waals surface area contributed by atoms with Crippen LogP contribution in [0.3, 0.4) is 0 Å².